The van der Waals surface area contributed by atoms with Crippen LogP contribution in [-0.4, -0.2) is 25.1 Å². The molecule has 3 aromatic rings. The highest BCUT2D eigenvalue weighted by atomic mass is 16.3. The van der Waals surface area contributed by atoms with E-state index in [2.05, 4.69) is 20.7 Å². The first kappa shape index (κ1) is 8.72. The highest BCUT2D eigenvalue weighted by Crippen LogP contribution is 2.36. The van der Waals surface area contributed by atoms with Crippen molar-refractivity contribution in [1.82, 2.24) is 20.0 Å². The Kier molecular flexibility index (Phi) is 1.61. The predicted octanol–water partition coefficient (Wildman–Crippen LogP) is 1.38. The fraction of sp³-hybridized carbons (Fsp3) is 0. The summed E-state index contributed by atoms with van der Waals surface area (Å²) in [7, 11) is 0. The lowest BCUT2D eigenvalue weighted by molar-refractivity contribution is 0.483. The van der Waals surface area contributed by atoms with Crippen LogP contribution in [0.3, 0.4) is 0 Å². The van der Waals surface area contributed by atoms with Crippen molar-refractivity contribution in [2.75, 3.05) is 0 Å². The Hall–Kier alpha value is -2.57. The van der Waals surface area contributed by atoms with E-state index in [1.54, 1.807) is 24.3 Å². The Morgan fingerprint density at radius 3 is 2.94 bits per heavy atom. The molecular weight excluding hydrogens is 210 g/mol. The summed E-state index contributed by atoms with van der Waals surface area (Å²) >= 11 is 0. The number of fused-ring (bicyclic) bond motifs is 3. The summed E-state index contributed by atoms with van der Waals surface area (Å²) < 4.78 is 1.37. The van der Waals surface area contributed by atoms with Gasteiger partial charge in [-0.1, -0.05) is 12.1 Å². The van der Waals surface area contributed by atoms with Gasteiger partial charge in [-0.15, -0.1) is 10.0 Å². The van der Waals surface area contributed by atoms with E-state index in [0.29, 0.717) is 10.9 Å². The molecule has 0 unspecified atom stereocenters. The molecule has 2 heterocycles. The van der Waals surface area contributed by atoms with E-state index in [9.17, 15) is 10.0 Å². The van der Waals surface area contributed by atoms with Crippen molar-refractivity contribution in [3.63, 3.8) is 0 Å². The molecule has 0 spiro atoms. The average molecular weight is 215 g/mol. The SMILES string of the molecule is O=Nc1c(O)c2ccccc2n2nnnc12. The zero-order chi connectivity index (χ0) is 11.1. The molecule has 1 N–H and O–H groups in total. The van der Waals surface area contributed by atoms with Gasteiger partial charge in [-0.2, -0.15) is 4.52 Å². The van der Waals surface area contributed by atoms with Crippen LogP contribution in [0.15, 0.2) is 29.4 Å². The van der Waals surface area contributed by atoms with E-state index in [1.165, 1.54) is 4.52 Å². The van der Waals surface area contributed by atoms with Gasteiger partial charge in [0.15, 0.2) is 11.4 Å². The molecule has 0 aliphatic rings. The van der Waals surface area contributed by atoms with Gasteiger partial charge >= 0.3 is 0 Å². The number of hydrogen-bond acceptors (Lipinski definition) is 6. The monoisotopic (exact) mass is 215 g/mol. The molecule has 0 atom stereocenters. The topological polar surface area (TPSA) is 92.7 Å². The number of aromatic nitrogens is 4. The maximum Gasteiger partial charge on any atom is 0.212 e. The highest BCUT2D eigenvalue weighted by Gasteiger charge is 2.16. The molecule has 0 aliphatic heterocycles. The maximum absolute atomic E-state index is 10.7. The Morgan fingerprint density at radius 2 is 2.12 bits per heavy atom. The van der Waals surface area contributed by atoms with E-state index in [1.807, 2.05) is 0 Å². The van der Waals surface area contributed by atoms with E-state index < -0.39 is 0 Å². The Balaban J connectivity index is 2.68. The number of pyridine rings is 1. The van der Waals surface area contributed by atoms with Gasteiger partial charge in [0.05, 0.1) is 5.52 Å². The third-order valence-electron chi connectivity index (χ3n) is 2.38. The summed E-state index contributed by atoms with van der Waals surface area (Å²) in [6.45, 7) is 0. The Morgan fingerprint density at radius 1 is 1.31 bits per heavy atom. The molecule has 0 aliphatic carbocycles. The molecule has 0 saturated heterocycles. The first-order chi connectivity index (χ1) is 7.83. The van der Waals surface area contributed by atoms with Crippen molar-refractivity contribution >= 4 is 22.2 Å². The molecule has 0 radical (unpaired) electrons. The lowest BCUT2D eigenvalue weighted by atomic mass is 10.2. The standard InChI is InChI=1S/C9H5N5O2/c15-8-5-3-1-2-4-6(5)14-9(7(8)11-16)10-12-13-14/h1-4,15H. The van der Waals surface area contributed by atoms with Crippen molar-refractivity contribution in [3.05, 3.63) is 29.2 Å². The minimum absolute atomic E-state index is 0.145. The van der Waals surface area contributed by atoms with E-state index in [0.717, 1.165) is 0 Å². The first-order valence-corrected chi connectivity index (χ1v) is 4.48. The quantitative estimate of drug-likeness (QED) is 0.619. The van der Waals surface area contributed by atoms with Crippen molar-refractivity contribution in [3.8, 4) is 5.75 Å². The zero-order valence-corrected chi connectivity index (χ0v) is 7.90. The summed E-state index contributed by atoms with van der Waals surface area (Å²) in [6.07, 6.45) is 0. The Bertz CT molecular complexity index is 706. The van der Waals surface area contributed by atoms with Gasteiger partial charge in [0.25, 0.3) is 0 Å². The molecule has 2 aromatic heterocycles. The van der Waals surface area contributed by atoms with Crippen molar-refractivity contribution < 1.29 is 5.11 Å². The number of rotatable bonds is 1. The molecule has 7 heteroatoms. The lowest BCUT2D eigenvalue weighted by Crippen LogP contribution is -1.91. The second kappa shape index (κ2) is 2.96. The summed E-state index contributed by atoms with van der Waals surface area (Å²) in [5.74, 6) is -0.201. The maximum atomic E-state index is 10.7. The van der Waals surface area contributed by atoms with Crippen LogP contribution in [-0.2, 0) is 0 Å². The third-order valence-corrected chi connectivity index (χ3v) is 2.38. The Labute approximate surface area is 88.3 Å². The fourth-order valence-corrected chi connectivity index (χ4v) is 1.67. The van der Waals surface area contributed by atoms with Crippen LogP contribution < -0.4 is 0 Å². The van der Waals surface area contributed by atoms with Crippen molar-refractivity contribution in [2.45, 2.75) is 0 Å². The molecular formula is C9H5N5O2. The summed E-state index contributed by atoms with van der Waals surface area (Å²) in [4.78, 5) is 10.7. The summed E-state index contributed by atoms with van der Waals surface area (Å²) in [6, 6.07) is 6.94. The van der Waals surface area contributed by atoms with Gasteiger partial charge in [0, 0.05) is 5.39 Å². The van der Waals surface area contributed by atoms with Gasteiger partial charge in [0.2, 0.25) is 5.65 Å². The normalized spacial score (nSPS) is 11.0. The summed E-state index contributed by atoms with van der Waals surface area (Å²) in [5.41, 5.74) is 0.613. The van der Waals surface area contributed by atoms with Crippen LogP contribution in [0.2, 0.25) is 0 Å². The number of hydrogen-bond donors (Lipinski definition) is 1. The third kappa shape index (κ3) is 0.937. The largest absolute Gasteiger partial charge is 0.505 e. The first-order valence-electron chi connectivity index (χ1n) is 4.48. The molecule has 1 aromatic carbocycles. The number of tetrazole rings is 1. The molecule has 0 bridgehead atoms. The minimum atomic E-state index is -0.201. The van der Waals surface area contributed by atoms with Crippen molar-refractivity contribution in [1.29, 1.82) is 0 Å². The molecule has 7 nitrogen and oxygen atoms in total. The molecule has 0 saturated carbocycles. The number of benzene rings is 1. The zero-order valence-electron chi connectivity index (χ0n) is 7.90. The molecule has 78 valence electrons. The van der Waals surface area contributed by atoms with Crippen LogP contribution in [0.25, 0.3) is 16.6 Å². The van der Waals surface area contributed by atoms with E-state index in [4.69, 9.17) is 0 Å². The molecule has 3 rings (SSSR count). The van der Waals surface area contributed by atoms with Crippen LogP contribution in [0.4, 0.5) is 5.69 Å². The summed E-state index contributed by atoms with van der Waals surface area (Å²) in [5, 5.41) is 23.9. The van der Waals surface area contributed by atoms with Gasteiger partial charge in [-0.3, -0.25) is 0 Å². The van der Waals surface area contributed by atoms with Gasteiger partial charge in [-0.05, 0) is 27.7 Å². The molecule has 16 heavy (non-hydrogen) atoms. The highest BCUT2D eigenvalue weighted by molar-refractivity contribution is 5.94. The van der Waals surface area contributed by atoms with Crippen LogP contribution in [0.1, 0.15) is 0 Å². The molecule has 0 amide bonds. The fourth-order valence-electron chi connectivity index (χ4n) is 1.67. The smallest absolute Gasteiger partial charge is 0.212 e. The number of nitroso groups, excluding NO2 is 1. The van der Waals surface area contributed by atoms with Crippen LogP contribution in [0.5, 0.6) is 5.75 Å². The predicted molar refractivity (Wildman–Crippen MR) is 55.4 cm³/mol. The number of aromatic hydroxyl groups is 1. The second-order valence-corrected chi connectivity index (χ2v) is 3.22. The van der Waals surface area contributed by atoms with Crippen molar-refractivity contribution in [2.24, 2.45) is 5.18 Å². The van der Waals surface area contributed by atoms with Gasteiger partial charge in [-0.25, -0.2) is 0 Å². The second-order valence-electron chi connectivity index (χ2n) is 3.22. The van der Waals surface area contributed by atoms with E-state index >= 15 is 0 Å². The average Bonchev–Trinajstić information content (AvgIpc) is 2.79. The van der Waals surface area contributed by atoms with E-state index in [-0.39, 0.29) is 17.1 Å². The van der Waals surface area contributed by atoms with Crippen LogP contribution in [0, 0.1) is 4.91 Å². The lowest BCUT2D eigenvalue weighted by Gasteiger charge is -2.03. The van der Waals surface area contributed by atoms with Crippen LogP contribution >= 0.6 is 0 Å². The molecule has 0 fully saturated rings. The van der Waals surface area contributed by atoms with Gasteiger partial charge in [0.1, 0.15) is 0 Å². The number of nitrogens with zero attached hydrogens (tertiary/aromatic N) is 5. The van der Waals surface area contributed by atoms with Gasteiger partial charge < -0.3 is 5.11 Å². The minimum Gasteiger partial charge on any atom is -0.505 e. The number of para-hydroxylation sites is 1.